The maximum atomic E-state index is 11.4. The van der Waals surface area contributed by atoms with Gasteiger partial charge in [0, 0.05) is 6.42 Å². The first-order valence-corrected chi connectivity index (χ1v) is 5.73. The van der Waals surface area contributed by atoms with Crippen LogP contribution in [0.5, 0.6) is 0 Å². The van der Waals surface area contributed by atoms with E-state index >= 15 is 0 Å². The van der Waals surface area contributed by atoms with Crippen LogP contribution in [0.3, 0.4) is 0 Å². The number of carbonyl (C=O) groups is 1. The number of hydrogen-bond donors (Lipinski definition) is 1. The van der Waals surface area contributed by atoms with Crippen molar-refractivity contribution in [3.63, 3.8) is 0 Å². The number of benzene rings is 1. The summed E-state index contributed by atoms with van der Waals surface area (Å²) in [4.78, 5) is 11.4. The lowest BCUT2D eigenvalue weighted by Gasteiger charge is -2.06. The molecule has 1 N–H and O–H groups in total. The number of allylic oxidation sites excluding steroid dienone is 2. The molecule has 1 aliphatic rings. The van der Waals surface area contributed by atoms with Crippen molar-refractivity contribution in [2.45, 2.75) is 25.7 Å². The van der Waals surface area contributed by atoms with Gasteiger partial charge in [-0.25, -0.2) is 0 Å². The van der Waals surface area contributed by atoms with E-state index in [4.69, 9.17) is 0 Å². The molecule has 1 unspecified atom stereocenters. The Morgan fingerprint density at radius 1 is 1.38 bits per heavy atom. The zero-order valence-electron chi connectivity index (χ0n) is 9.23. The summed E-state index contributed by atoms with van der Waals surface area (Å²) in [6, 6.07) is 9.94. The molecular weight excluding hydrogens is 200 g/mol. The van der Waals surface area contributed by atoms with Crippen molar-refractivity contribution in [1.82, 2.24) is 0 Å². The van der Waals surface area contributed by atoms with E-state index in [2.05, 4.69) is 0 Å². The average molecular weight is 216 g/mol. The molecule has 0 heterocycles. The second-order valence-electron chi connectivity index (χ2n) is 4.23. The molecule has 1 aliphatic carbocycles. The Morgan fingerprint density at radius 3 is 2.75 bits per heavy atom. The molecule has 1 aromatic carbocycles. The smallest absolute Gasteiger partial charge is 0.143 e. The quantitative estimate of drug-likeness (QED) is 0.788. The van der Waals surface area contributed by atoms with Crippen LogP contribution in [0.1, 0.15) is 24.8 Å². The zero-order valence-corrected chi connectivity index (χ0v) is 9.23. The Labute approximate surface area is 95.6 Å². The standard InChI is InChI=1S/C14H16O2/c15-13-8-4-7-12(13)14(16)10-9-11-5-2-1-3-6-11/h1-3,5-6,10,12,16H,4,7-9H2/b14-10+. The topological polar surface area (TPSA) is 37.3 Å². The fraction of sp³-hybridized carbons (Fsp3) is 0.357. The maximum absolute atomic E-state index is 11.4. The molecule has 2 rings (SSSR count). The van der Waals surface area contributed by atoms with Gasteiger partial charge in [-0.1, -0.05) is 30.3 Å². The Morgan fingerprint density at radius 2 is 2.12 bits per heavy atom. The van der Waals surface area contributed by atoms with Crippen LogP contribution < -0.4 is 0 Å². The summed E-state index contributed by atoms with van der Waals surface area (Å²) in [5.74, 6) is 0.205. The average Bonchev–Trinajstić information content (AvgIpc) is 2.74. The third-order valence-corrected chi connectivity index (χ3v) is 3.05. The van der Waals surface area contributed by atoms with Gasteiger partial charge in [-0.15, -0.1) is 0 Å². The lowest BCUT2D eigenvalue weighted by Crippen LogP contribution is -2.09. The molecule has 0 aliphatic heterocycles. The molecule has 0 amide bonds. The zero-order chi connectivity index (χ0) is 11.4. The number of rotatable bonds is 3. The summed E-state index contributed by atoms with van der Waals surface area (Å²) in [6.07, 6.45) is 4.79. The van der Waals surface area contributed by atoms with Crippen molar-refractivity contribution in [3.05, 3.63) is 47.7 Å². The van der Waals surface area contributed by atoms with Gasteiger partial charge in [0.25, 0.3) is 0 Å². The van der Waals surface area contributed by atoms with E-state index in [-0.39, 0.29) is 17.5 Å². The molecular formula is C14H16O2. The highest BCUT2D eigenvalue weighted by molar-refractivity contribution is 5.85. The summed E-state index contributed by atoms with van der Waals surface area (Å²) >= 11 is 0. The molecule has 1 atom stereocenters. The van der Waals surface area contributed by atoms with Crippen molar-refractivity contribution in [3.8, 4) is 0 Å². The fourth-order valence-electron chi connectivity index (χ4n) is 2.11. The van der Waals surface area contributed by atoms with Crippen molar-refractivity contribution in [2.75, 3.05) is 0 Å². The second kappa shape index (κ2) is 4.97. The number of ketones is 1. The van der Waals surface area contributed by atoms with Crippen LogP contribution in [0.4, 0.5) is 0 Å². The van der Waals surface area contributed by atoms with Crippen LogP contribution in [0.2, 0.25) is 0 Å². The Balaban J connectivity index is 1.99. The lowest BCUT2D eigenvalue weighted by atomic mass is 10.0. The highest BCUT2D eigenvalue weighted by atomic mass is 16.3. The summed E-state index contributed by atoms with van der Waals surface area (Å²) in [7, 11) is 0. The molecule has 0 radical (unpaired) electrons. The molecule has 0 saturated heterocycles. The third kappa shape index (κ3) is 2.51. The van der Waals surface area contributed by atoms with Gasteiger partial charge in [0.05, 0.1) is 11.7 Å². The number of Topliss-reactive ketones (excluding diaryl/α,β-unsaturated/α-hetero) is 1. The van der Waals surface area contributed by atoms with E-state index in [1.807, 2.05) is 30.3 Å². The molecule has 1 fully saturated rings. The number of aliphatic hydroxyl groups excluding tert-OH is 1. The van der Waals surface area contributed by atoms with E-state index in [1.54, 1.807) is 6.08 Å². The SMILES string of the molecule is O=C1CCCC1/C(O)=C\Cc1ccccc1. The largest absolute Gasteiger partial charge is 0.512 e. The molecule has 0 bridgehead atoms. The van der Waals surface area contributed by atoms with Gasteiger partial charge >= 0.3 is 0 Å². The third-order valence-electron chi connectivity index (χ3n) is 3.05. The van der Waals surface area contributed by atoms with Gasteiger partial charge in [0.15, 0.2) is 0 Å². The minimum absolute atomic E-state index is 0.182. The van der Waals surface area contributed by atoms with Crippen LogP contribution in [-0.2, 0) is 11.2 Å². The number of hydrogen-bond acceptors (Lipinski definition) is 2. The van der Waals surface area contributed by atoms with Gasteiger partial charge in [-0.2, -0.15) is 0 Å². The van der Waals surface area contributed by atoms with Crippen LogP contribution in [0.15, 0.2) is 42.2 Å². The molecule has 2 nitrogen and oxygen atoms in total. The van der Waals surface area contributed by atoms with Crippen molar-refractivity contribution in [1.29, 1.82) is 0 Å². The van der Waals surface area contributed by atoms with E-state index in [1.165, 1.54) is 0 Å². The molecule has 0 spiro atoms. The summed E-state index contributed by atoms with van der Waals surface area (Å²) in [6.45, 7) is 0. The minimum Gasteiger partial charge on any atom is -0.512 e. The van der Waals surface area contributed by atoms with Gasteiger partial charge in [0.1, 0.15) is 5.78 Å². The lowest BCUT2D eigenvalue weighted by molar-refractivity contribution is -0.120. The van der Waals surface area contributed by atoms with Crippen molar-refractivity contribution >= 4 is 5.78 Å². The minimum atomic E-state index is -0.233. The molecule has 0 aromatic heterocycles. The molecule has 1 saturated carbocycles. The summed E-state index contributed by atoms with van der Waals surface area (Å²) < 4.78 is 0. The summed E-state index contributed by atoms with van der Waals surface area (Å²) in [5, 5.41) is 9.82. The predicted octanol–water partition coefficient (Wildman–Crippen LogP) is 3.04. The first-order valence-electron chi connectivity index (χ1n) is 5.73. The second-order valence-corrected chi connectivity index (χ2v) is 4.23. The number of carbonyl (C=O) groups excluding carboxylic acids is 1. The van der Waals surface area contributed by atoms with Crippen LogP contribution in [-0.4, -0.2) is 10.9 Å². The van der Waals surface area contributed by atoms with Crippen LogP contribution in [0, 0.1) is 5.92 Å². The monoisotopic (exact) mass is 216 g/mol. The van der Waals surface area contributed by atoms with E-state index in [0.717, 1.165) is 18.4 Å². The van der Waals surface area contributed by atoms with Crippen molar-refractivity contribution < 1.29 is 9.90 Å². The predicted molar refractivity (Wildman–Crippen MR) is 63.2 cm³/mol. The fourth-order valence-corrected chi connectivity index (χ4v) is 2.11. The first-order chi connectivity index (χ1) is 7.77. The molecule has 1 aromatic rings. The molecule has 84 valence electrons. The van der Waals surface area contributed by atoms with E-state index < -0.39 is 0 Å². The normalized spacial score (nSPS) is 21.4. The Hall–Kier alpha value is -1.57. The molecule has 2 heteroatoms. The van der Waals surface area contributed by atoms with Gasteiger partial charge in [0.2, 0.25) is 0 Å². The van der Waals surface area contributed by atoms with E-state index in [0.29, 0.717) is 12.8 Å². The van der Waals surface area contributed by atoms with Crippen LogP contribution >= 0.6 is 0 Å². The van der Waals surface area contributed by atoms with Gasteiger partial charge < -0.3 is 5.11 Å². The highest BCUT2D eigenvalue weighted by Crippen LogP contribution is 2.26. The van der Waals surface area contributed by atoms with Gasteiger partial charge in [-0.3, -0.25) is 4.79 Å². The van der Waals surface area contributed by atoms with Gasteiger partial charge in [-0.05, 0) is 30.9 Å². The Bertz CT molecular complexity index is 392. The Kier molecular flexibility index (Phi) is 3.40. The van der Waals surface area contributed by atoms with E-state index in [9.17, 15) is 9.90 Å². The highest BCUT2D eigenvalue weighted by Gasteiger charge is 2.27. The van der Waals surface area contributed by atoms with Crippen LogP contribution in [0.25, 0.3) is 0 Å². The summed E-state index contributed by atoms with van der Waals surface area (Å²) in [5.41, 5.74) is 1.15. The van der Waals surface area contributed by atoms with Crippen molar-refractivity contribution in [2.24, 2.45) is 5.92 Å². The number of aliphatic hydroxyl groups is 1. The maximum Gasteiger partial charge on any atom is 0.143 e. The molecule has 16 heavy (non-hydrogen) atoms. The first kappa shape index (κ1) is 10.9.